The van der Waals surface area contributed by atoms with Crippen LogP contribution in [0, 0.1) is 0 Å². The van der Waals surface area contributed by atoms with Crippen LogP contribution in [-0.2, 0) is 22.3 Å². The second-order valence-electron chi connectivity index (χ2n) is 10.3. The van der Waals surface area contributed by atoms with Crippen molar-refractivity contribution in [3.8, 4) is 22.7 Å². The largest absolute Gasteiger partial charge is 0.491 e. The van der Waals surface area contributed by atoms with E-state index >= 15 is 0 Å². The van der Waals surface area contributed by atoms with Crippen molar-refractivity contribution < 1.29 is 23.8 Å². The molecule has 3 aromatic carbocycles. The molecule has 1 aromatic heterocycles. The zero-order chi connectivity index (χ0) is 31.0. The summed E-state index contributed by atoms with van der Waals surface area (Å²) in [5.41, 5.74) is 11.8. The SMILES string of the molecule is CN.CNc1ccc2c(c1)-c1c(c(C=O)nn1-c1ccc(OCC3COC(C)(C)O3)cc1)CC2.O=Cc1ccccc1Cl. The molecule has 6 rings (SSSR count). The van der Waals surface area contributed by atoms with Crippen LogP contribution in [0.4, 0.5) is 5.69 Å². The first-order valence-corrected chi connectivity index (χ1v) is 14.4. The van der Waals surface area contributed by atoms with Gasteiger partial charge in [-0.25, -0.2) is 4.68 Å². The quantitative estimate of drug-likeness (QED) is 0.256. The molecule has 4 aromatic rings. The van der Waals surface area contributed by atoms with Gasteiger partial charge >= 0.3 is 0 Å². The monoisotopic (exact) mass is 604 g/mol. The molecule has 0 amide bonds. The molecule has 0 spiro atoms. The Morgan fingerprint density at radius 2 is 1.81 bits per heavy atom. The van der Waals surface area contributed by atoms with E-state index in [4.69, 9.17) is 25.8 Å². The third kappa shape index (κ3) is 7.50. The molecular weight excluding hydrogens is 568 g/mol. The number of nitrogens with two attached hydrogens (primary N) is 1. The van der Waals surface area contributed by atoms with Crippen LogP contribution in [0.15, 0.2) is 66.7 Å². The summed E-state index contributed by atoms with van der Waals surface area (Å²) in [5.74, 6) is 0.188. The maximum absolute atomic E-state index is 11.7. The summed E-state index contributed by atoms with van der Waals surface area (Å²) in [4.78, 5) is 21.9. The Morgan fingerprint density at radius 3 is 2.42 bits per heavy atom. The molecule has 43 heavy (non-hydrogen) atoms. The lowest BCUT2D eigenvalue weighted by atomic mass is 9.88. The molecule has 0 bridgehead atoms. The molecule has 1 fully saturated rings. The minimum atomic E-state index is -0.559. The first-order valence-electron chi connectivity index (χ1n) is 14.0. The summed E-state index contributed by atoms with van der Waals surface area (Å²) in [6.07, 6.45) is 3.20. The first-order chi connectivity index (χ1) is 20.8. The highest BCUT2D eigenvalue weighted by Crippen LogP contribution is 2.38. The molecule has 1 unspecified atom stereocenters. The van der Waals surface area contributed by atoms with Gasteiger partial charge in [0, 0.05) is 29.4 Å². The van der Waals surface area contributed by atoms with Crippen LogP contribution < -0.4 is 15.8 Å². The van der Waals surface area contributed by atoms with E-state index in [2.05, 4.69) is 34.3 Å². The van der Waals surface area contributed by atoms with Gasteiger partial charge in [-0.2, -0.15) is 5.10 Å². The fourth-order valence-electron chi connectivity index (χ4n) is 4.99. The van der Waals surface area contributed by atoms with E-state index in [9.17, 15) is 9.59 Å². The fourth-order valence-corrected chi connectivity index (χ4v) is 5.17. The third-order valence-electron chi connectivity index (χ3n) is 7.04. The molecule has 0 saturated carbocycles. The van der Waals surface area contributed by atoms with Crippen molar-refractivity contribution in [2.24, 2.45) is 5.73 Å². The van der Waals surface area contributed by atoms with Crippen molar-refractivity contribution in [2.45, 2.75) is 38.6 Å². The number of halogens is 1. The lowest BCUT2D eigenvalue weighted by Crippen LogP contribution is -2.25. The second kappa shape index (κ2) is 14.4. The van der Waals surface area contributed by atoms with Gasteiger partial charge in [-0.3, -0.25) is 9.59 Å². The average molecular weight is 605 g/mol. The summed E-state index contributed by atoms with van der Waals surface area (Å²) in [6, 6.07) is 21.0. The molecule has 10 heteroatoms. The van der Waals surface area contributed by atoms with E-state index in [1.54, 1.807) is 24.3 Å². The zero-order valence-corrected chi connectivity index (χ0v) is 25.6. The molecule has 9 nitrogen and oxygen atoms in total. The van der Waals surface area contributed by atoms with E-state index in [1.165, 1.54) is 12.6 Å². The zero-order valence-electron chi connectivity index (χ0n) is 24.8. The Labute approximate surface area is 256 Å². The van der Waals surface area contributed by atoms with E-state index in [0.29, 0.717) is 29.5 Å². The Balaban J connectivity index is 0.000000328. The molecule has 1 aliphatic carbocycles. The summed E-state index contributed by atoms with van der Waals surface area (Å²) < 4.78 is 19.1. The molecule has 1 atom stereocenters. The number of benzene rings is 3. The predicted octanol–water partition coefficient (Wildman–Crippen LogP) is 5.75. The van der Waals surface area contributed by atoms with Crippen LogP contribution in [0.2, 0.25) is 5.02 Å². The smallest absolute Gasteiger partial charge is 0.170 e. The van der Waals surface area contributed by atoms with Gasteiger partial charge in [-0.05, 0) is 81.8 Å². The van der Waals surface area contributed by atoms with E-state index in [-0.39, 0.29) is 6.10 Å². The highest BCUT2D eigenvalue weighted by Gasteiger charge is 2.33. The average Bonchev–Trinajstić information content (AvgIpc) is 3.60. The minimum Gasteiger partial charge on any atom is -0.491 e. The number of rotatable bonds is 7. The van der Waals surface area contributed by atoms with Gasteiger partial charge in [0.25, 0.3) is 0 Å². The lowest BCUT2D eigenvalue weighted by molar-refractivity contribution is -0.141. The van der Waals surface area contributed by atoms with Gasteiger partial charge in [0.1, 0.15) is 24.2 Å². The molecule has 2 heterocycles. The maximum Gasteiger partial charge on any atom is 0.170 e. The number of nitrogens with zero attached hydrogens (tertiary/aromatic N) is 2. The van der Waals surface area contributed by atoms with Crippen LogP contribution in [-0.4, -0.2) is 61.6 Å². The number of aryl methyl sites for hydroxylation is 1. The van der Waals surface area contributed by atoms with Gasteiger partial charge in [0.15, 0.2) is 18.4 Å². The predicted molar refractivity (Wildman–Crippen MR) is 169 cm³/mol. The first kappa shape index (κ1) is 31.9. The van der Waals surface area contributed by atoms with E-state index in [0.717, 1.165) is 59.4 Å². The Hall–Kier alpha value is -4.02. The van der Waals surface area contributed by atoms with Crippen LogP contribution >= 0.6 is 11.6 Å². The van der Waals surface area contributed by atoms with Crippen LogP contribution in [0.1, 0.15) is 45.8 Å². The topological polar surface area (TPSA) is 118 Å². The third-order valence-corrected chi connectivity index (χ3v) is 7.39. The highest BCUT2D eigenvalue weighted by molar-refractivity contribution is 6.32. The lowest BCUT2D eigenvalue weighted by Gasteiger charge is -2.20. The molecular formula is C33H37ClN4O5. The number of anilines is 1. The number of carbonyl (C=O) groups excluding carboxylic acids is 2. The van der Waals surface area contributed by atoms with Crippen molar-refractivity contribution >= 4 is 29.9 Å². The fraction of sp³-hybridized carbons (Fsp3) is 0.303. The Kier molecular flexibility index (Phi) is 10.7. The number of hydrogen-bond donors (Lipinski definition) is 2. The van der Waals surface area contributed by atoms with Crippen molar-refractivity contribution in [1.82, 2.24) is 9.78 Å². The summed E-state index contributed by atoms with van der Waals surface area (Å²) in [5, 5.41) is 8.35. The summed E-state index contributed by atoms with van der Waals surface area (Å²) >= 11 is 5.59. The highest BCUT2D eigenvalue weighted by atomic mass is 35.5. The summed E-state index contributed by atoms with van der Waals surface area (Å²) in [7, 11) is 3.40. The second-order valence-corrected chi connectivity index (χ2v) is 10.7. The Morgan fingerprint density at radius 1 is 1.07 bits per heavy atom. The van der Waals surface area contributed by atoms with Crippen LogP contribution in [0.3, 0.4) is 0 Å². The number of hydrogen-bond acceptors (Lipinski definition) is 8. The standard InChI is InChI=1S/C25H27N3O4.C7H5ClO.CH5N/c1-25(2)31-15-20(32-25)14-30-19-9-7-18(8-10-19)28-24-21(23(13-29)27-28)11-5-16-4-6-17(26-3)12-22(16)24;8-7-4-2-1-3-6(7)5-9;1-2/h4,6-10,12-13,20,26H,5,11,14-15H2,1-3H3;1-5H;2H2,1H3. The maximum atomic E-state index is 11.7. The van der Waals surface area contributed by atoms with Crippen molar-refractivity contribution in [3.05, 3.63) is 94.1 Å². The molecule has 226 valence electrons. The normalized spacial score (nSPS) is 15.9. The van der Waals surface area contributed by atoms with Gasteiger partial charge in [-0.1, -0.05) is 35.9 Å². The number of aldehydes is 2. The molecule has 0 radical (unpaired) electrons. The van der Waals surface area contributed by atoms with Crippen molar-refractivity contribution in [1.29, 1.82) is 0 Å². The molecule has 1 saturated heterocycles. The van der Waals surface area contributed by atoms with Gasteiger partial charge in [0.05, 0.1) is 23.0 Å². The van der Waals surface area contributed by atoms with Crippen LogP contribution in [0.25, 0.3) is 16.9 Å². The minimum absolute atomic E-state index is 0.0872. The number of aromatic nitrogens is 2. The Bertz CT molecular complexity index is 1550. The number of fused-ring (bicyclic) bond motifs is 3. The molecule has 3 N–H and O–H groups in total. The van der Waals surface area contributed by atoms with Gasteiger partial charge in [0.2, 0.25) is 0 Å². The van der Waals surface area contributed by atoms with Gasteiger partial charge < -0.3 is 25.3 Å². The number of carbonyl (C=O) groups is 2. The van der Waals surface area contributed by atoms with Crippen LogP contribution in [0.5, 0.6) is 5.75 Å². The summed E-state index contributed by atoms with van der Waals surface area (Å²) in [6.45, 7) is 4.75. The van der Waals surface area contributed by atoms with Gasteiger partial charge in [-0.15, -0.1) is 0 Å². The molecule has 1 aliphatic heterocycles. The molecule has 2 aliphatic rings. The number of ether oxygens (including phenoxy) is 3. The van der Waals surface area contributed by atoms with Crippen molar-refractivity contribution in [3.63, 3.8) is 0 Å². The number of nitrogens with one attached hydrogen (secondary N) is 1. The van der Waals surface area contributed by atoms with Crippen molar-refractivity contribution in [2.75, 3.05) is 32.6 Å². The van der Waals surface area contributed by atoms with E-state index < -0.39 is 5.79 Å². The van der Waals surface area contributed by atoms with E-state index in [1.807, 2.05) is 49.8 Å².